The Hall–Kier alpha value is -7.94. The molecule has 11 rings (SSSR count). The molecule has 0 aromatic heterocycles. The highest BCUT2D eigenvalue weighted by Gasteiger charge is 2.25. The Morgan fingerprint density at radius 3 is 1.17 bits per heavy atom. The summed E-state index contributed by atoms with van der Waals surface area (Å²) in [6.45, 7) is 0. The van der Waals surface area contributed by atoms with E-state index in [1.54, 1.807) is 0 Å². The Kier molecular flexibility index (Phi) is 8.87. The molecular weight excluding hydrogens is 727 g/mol. The fourth-order valence-electron chi connectivity index (χ4n) is 8.63. The molecule has 0 bridgehead atoms. The maximum atomic E-state index is 7.09. The number of hydrogen-bond donors (Lipinski definition) is 0. The normalized spacial score (nSPS) is 11.5. The molecule has 2 heteroatoms. The zero-order chi connectivity index (χ0) is 39.8. The van der Waals surface area contributed by atoms with Crippen molar-refractivity contribution in [3.8, 4) is 78.3 Å². The molecule has 0 radical (unpaired) electrons. The van der Waals surface area contributed by atoms with Gasteiger partial charge in [-0.1, -0.05) is 176 Å². The largest absolute Gasteiger partial charge is 0.455 e. The van der Waals surface area contributed by atoms with Crippen LogP contribution in [-0.2, 0) is 0 Å². The van der Waals surface area contributed by atoms with Crippen molar-refractivity contribution in [3.05, 3.63) is 237 Å². The van der Waals surface area contributed by atoms with E-state index >= 15 is 0 Å². The van der Waals surface area contributed by atoms with Crippen LogP contribution in [0.2, 0.25) is 0 Å². The quantitative estimate of drug-likeness (QED) is 0.160. The van der Waals surface area contributed by atoms with Crippen LogP contribution in [0.1, 0.15) is 0 Å². The van der Waals surface area contributed by atoms with Crippen molar-refractivity contribution in [2.45, 2.75) is 0 Å². The van der Waals surface area contributed by atoms with E-state index in [9.17, 15) is 0 Å². The number of hydrogen-bond acceptors (Lipinski definition) is 2. The summed E-state index contributed by atoms with van der Waals surface area (Å²) < 4.78 is 7.09. The van der Waals surface area contributed by atoms with E-state index < -0.39 is 0 Å². The third kappa shape index (κ3) is 6.51. The van der Waals surface area contributed by atoms with Gasteiger partial charge in [0.25, 0.3) is 0 Å². The summed E-state index contributed by atoms with van der Waals surface area (Å²) >= 11 is 0. The molecule has 0 saturated heterocycles. The highest BCUT2D eigenvalue weighted by atomic mass is 16.5. The molecule has 10 aromatic carbocycles. The van der Waals surface area contributed by atoms with Gasteiger partial charge in [0, 0.05) is 33.8 Å². The molecule has 0 fully saturated rings. The zero-order valence-corrected chi connectivity index (χ0v) is 32.9. The lowest BCUT2D eigenvalue weighted by Gasteiger charge is -2.26. The second-order valence-electron chi connectivity index (χ2n) is 15.3. The average Bonchev–Trinajstić information content (AvgIpc) is 3.46. The lowest BCUT2D eigenvalue weighted by atomic mass is 9.89. The average molecular weight is 766 g/mol. The van der Waals surface area contributed by atoms with Crippen LogP contribution in [0.3, 0.4) is 0 Å². The Morgan fingerprint density at radius 2 is 0.650 bits per heavy atom. The summed E-state index contributed by atoms with van der Waals surface area (Å²) in [5, 5.41) is 2.41. The Bertz CT molecular complexity index is 3040. The Morgan fingerprint density at radius 1 is 0.250 bits per heavy atom. The van der Waals surface area contributed by atoms with Crippen molar-refractivity contribution in [1.29, 1.82) is 0 Å². The minimum atomic E-state index is 0.845. The van der Waals surface area contributed by atoms with Gasteiger partial charge in [-0.3, -0.25) is 0 Å². The third-order valence-electron chi connectivity index (χ3n) is 11.7. The first kappa shape index (κ1) is 35.2. The highest BCUT2D eigenvalue weighted by Crippen LogP contribution is 2.52. The van der Waals surface area contributed by atoms with E-state index in [1.807, 2.05) is 0 Å². The van der Waals surface area contributed by atoms with Crippen molar-refractivity contribution in [3.63, 3.8) is 0 Å². The van der Waals surface area contributed by atoms with Gasteiger partial charge in [-0.2, -0.15) is 0 Å². The van der Waals surface area contributed by atoms with Crippen molar-refractivity contribution < 1.29 is 4.74 Å². The molecule has 2 nitrogen and oxygen atoms in total. The van der Waals surface area contributed by atoms with Crippen LogP contribution in [0.5, 0.6) is 11.5 Å². The smallest absolute Gasteiger partial charge is 0.143 e. The minimum Gasteiger partial charge on any atom is -0.455 e. The molecule has 0 spiro atoms. The van der Waals surface area contributed by atoms with Crippen molar-refractivity contribution >= 4 is 27.8 Å². The van der Waals surface area contributed by atoms with Crippen LogP contribution in [-0.4, -0.2) is 0 Å². The molecule has 282 valence electrons. The fourth-order valence-corrected chi connectivity index (χ4v) is 8.63. The molecule has 0 atom stereocenters. The number of benzene rings is 10. The highest BCUT2D eigenvalue weighted by molar-refractivity contribution is 6.02. The van der Waals surface area contributed by atoms with Crippen molar-refractivity contribution in [2.75, 3.05) is 4.90 Å². The topological polar surface area (TPSA) is 12.5 Å². The van der Waals surface area contributed by atoms with E-state index in [0.717, 1.165) is 61.9 Å². The molecular formula is C58H39NO. The molecule has 0 N–H and O–H groups in total. The number of nitrogens with zero attached hydrogens (tertiary/aromatic N) is 1. The second kappa shape index (κ2) is 15.1. The first-order valence-corrected chi connectivity index (χ1v) is 20.5. The van der Waals surface area contributed by atoms with E-state index in [0.29, 0.717) is 0 Å². The molecule has 1 heterocycles. The lowest BCUT2D eigenvalue weighted by molar-refractivity contribution is 0.489. The van der Waals surface area contributed by atoms with E-state index in [1.165, 1.54) is 44.2 Å². The van der Waals surface area contributed by atoms with Crippen LogP contribution < -0.4 is 9.64 Å². The number of rotatable bonds is 7. The number of fused-ring (bicyclic) bond motifs is 6. The van der Waals surface area contributed by atoms with Gasteiger partial charge >= 0.3 is 0 Å². The summed E-state index contributed by atoms with van der Waals surface area (Å²) in [6, 6.07) is 84.7. The van der Waals surface area contributed by atoms with Crippen LogP contribution in [0.15, 0.2) is 237 Å². The van der Waals surface area contributed by atoms with E-state index in [2.05, 4.69) is 241 Å². The summed E-state index contributed by atoms with van der Waals surface area (Å²) in [6.07, 6.45) is 0. The van der Waals surface area contributed by atoms with Gasteiger partial charge in [-0.05, 0) is 122 Å². The van der Waals surface area contributed by atoms with Crippen LogP contribution in [0, 0.1) is 0 Å². The van der Waals surface area contributed by atoms with Gasteiger partial charge in [-0.25, -0.2) is 0 Å². The van der Waals surface area contributed by atoms with Crippen molar-refractivity contribution in [1.82, 2.24) is 0 Å². The van der Waals surface area contributed by atoms with Gasteiger partial charge in [-0.15, -0.1) is 0 Å². The zero-order valence-electron chi connectivity index (χ0n) is 32.9. The minimum absolute atomic E-state index is 0.845. The predicted octanol–water partition coefficient (Wildman–Crippen LogP) is 16.4. The monoisotopic (exact) mass is 765 g/mol. The maximum Gasteiger partial charge on any atom is 0.143 e. The second-order valence-corrected chi connectivity index (χ2v) is 15.3. The predicted molar refractivity (Wildman–Crippen MR) is 251 cm³/mol. The third-order valence-corrected chi connectivity index (χ3v) is 11.7. The standard InChI is InChI=1S/C58H39NO/c1-4-13-40(14-5-1)43-23-30-49(31-24-43)59(50-32-25-44(26-33-50)41-15-6-2-7-16-41)51-34-27-45(28-35-51)52-21-12-22-53-54-37-46-19-10-11-20-47(46)38-55(54)56-39-48(42-17-8-3-9-18-42)29-36-57(56)60-58(52)53/h1-39H. The summed E-state index contributed by atoms with van der Waals surface area (Å²) in [4.78, 5) is 2.33. The Labute approximate surface area is 350 Å². The summed E-state index contributed by atoms with van der Waals surface area (Å²) in [5.74, 6) is 1.70. The molecule has 60 heavy (non-hydrogen) atoms. The van der Waals surface area contributed by atoms with E-state index in [4.69, 9.17) is 4.74 Å². The first-order chi connectivity index (χ1) is 29.7. The number of ether oxygens (including phenoxy) is 1. The Balaban J connectivity index is 1.01. The summed E-state index contributed by atoms with van der Waals surface area (Å²) in [5.41, 5.74) is 17.0. The SMILES string of the molecule is c1ccc(-c2ccc(N(c3ccc(-c4ccccc4)cc3)c3ccc(-c4cccc5c4Oc4ccc(-c6ccccc6)cc4-c4cc6ccccc6cc4-5)cc3)cc2)cc1. The molecule has 0 saturated carbocycles. The number of para-hydroxylation sites is 1. The first-order valence-electron chi connectivity index (χ1n) is 20.5. The molecule has 1 aliphatic heterocycles. The molecule has 0 aliphatic carbocycles. The van der Waals surface area contributed by atoms with Gasteiger partial charge in [0.15, 0.2) is 0 Å². The van der Waals surface area contributed by atoms with Gasteiger partial charge in [0.1, 0.15) is 11.5 Å². The van der Waals surface area contributed by atoms with Gasteiger partial charge < -0.3 is 9.64 Å². The molecule has 1 aliphatic rings. The van der Waals surface area contributed by atoms with Crippen molar-refractivity contribution in [2.24, 2.45) is 0 Å². The lowest BCUT2D eigenvalue weighted by Crippen LogP contribution is -2.09. The van der Waals surface area contributed by atoms with Crippen LogP contribution in [0.25, 0.3) is 77.5 Å². The van der Waals surface area contributed by atoms with Gasteiger partial charge in [0.05, 0.1) is 0 Å². The van der Waals surface area contributed by atoms with E-state index in [-0.39, 0.29) is 0 Å². The summed E-state index contributed by atoms with van der Waals surface area (Å²) in [7, 11) is 0. The van der Waals surface area contributed by atoms with Crippen LogP contribution in [0.4, 0.5) is 17.1 Å². The number of anilines is 3. The molecule has 0 amide bonds. The molecule has 0 unspecified atom stereocenters. The van der Waals surface area contributed by atoms with Crippen LogP contribution >= 0.6 is 0 Å². The maximum absolute atomic E-state index is 7.09. The fraction of sp³-hybridized carbons (Fsp3) is 0. The molecule has 10 aromatic rings. The van der Waals surface area contributed by atoms with Gasteiger partial charge in [0.2, 0.25) is 0 Å².